The van der Waals surface area contributed by atoms with Gasteiger partial charge in [0.15, 0.2) is 6.29 Å². The van der Waals surface area contributed by atoms with E-state index in [4.69, 9.17) is 9.47 Å². The lowest BCUT2D eigenvalue weighted by atomic mass is 9.70. The second-order valence-electron chi connectivity index (χ2n) is 9.45. The number of amides is 1. The molecule has 2 saturated heterocycles. The highest BCUT2D eigenvalue weighted by atomic mass is 16.8. The van der Waals surface area contributed by atoms with Crippen molar-refractivity contribution in [1.82, 2.24) is 0 Å². The van der Waals surface area contributed by atoms with E-state index in [1.54, 1.807) is 0 Å². The molecule has 4 nitrogen and oxygen atoms in total. The fourth-order valence-corrected chi connectivity index (χ4v) is 5.44. The standard InChI is InChI=1S/C27H31NO3/c1-3-4-5-19-6-10-21(11-7-19)25(29)28-23-12-8-20(9-13-23)16-27-15-18(2)14-22(27)17-30-26-24(27)31-26/h6-13,22,24,26H,2-5,14-17H2,1H3,(H,28,29). The summed E-state index contributed by atoms with van der Waals surface area (Å²) in [7, 11) is 0. The van der Waals surface area contributed by atoms with Gasteiger partial charge in [0.25, 0.3) is 5.91 Å². The first-order chi connectivity index (χ1) is 15.1. The zero-order valence-electron chi connectivity index (χ0n) is 18.2. The van der Waals surface area contributed by atoms with E-state index < -0.39 is 0 Å². The highest BCUT2D eigenvalue weighted by molar-refractivity contribution is 6.04. The smallest absolute Gasteiger partial charge is 0.255 e. The first-order valence-electron chi connectivity index (χ1n) is 11.5. The summed E-state index contributed by atoms with van der Waals surface area (Å²) in [4.78, 5) is 12.6. The molecule has 2 aromatic carbocycles. The molecule has 0 aromatic heterocycles. The van der Waals surface area contributed by atoms with Crippen molar-refractivity contribution in [2.24, 2.45) is 11.3 Å². The van der Waals surface area contributed by atoms with Crippen LogP contribution in [0.5, 0.6) is 0 Å². The first-order valence-corrected chi connectivity index (χ1v) is 11.5. The minimum absolute atomic E-state index is 0.0194. The predicted octanol–water partition coefficient (Wildman–Crippen LogP) is 5.53. The van der Waals surface area contributed by atoms with Crippen LogP contribution in [-0.2, 0) is 22.3 Å². The summed E-state index contributed by atoms with van der Waals surface area (Å²) in [6, 6.07) is 16.2. The Kier molecular flexibility index (Phi) is 5.45. The molecule has 4 heteroatoms. The lowest BCUT2D eigenvalue weighted by Gasteiger charge is -2.36. The van der Waals surface area contributed by atoms with E-state index in [9.17, 15) is 4.79 Å². The summed E-state index contributed by atoms with van der Waals surface area (Å²) in [5, 5.41) is 3.02. The van der Waals surface area contributed by atoms with Gasteiger partial charge in [0, 0.05) is 16.7 Å². The van der Waals surface area contributed by atoms with Gasteiger partial charge in [-0.05, 0) is 73.4 Å². The van der Waals surface area contributed by atoms with Crippen LogP contribution in [0, 0.1) is 11.3 Å². The molecule has 2 aromatic rings. The Morgan fingerprint density at radius 1 is 1.13 bits per heavy atom. The third kappa shape index (κ3) is 4.07. The first kappa shape index (κ1) is 20.5. The Morgan fingerprint density at radius 2 is 1.87 bits per heavy atom. The van der Waals surface area contributed by atoms with E-state index in [1.165, 1.54) is 29.5 Å². The maximum Gasteiger partial charge on any atom is 0.255 e. The number of benzene rings is 2. The molecule has 2 aliphatic heterocycles. The van der Waals surface area contributed by atoms with Gasteiger partial charge in [-0.1, -0.05) is 49.8 Å². The molecule has 3 fully saturated rings. The molecule has 1 amide bonds. The van der Waals surface area contributed by atoms with Gasteiger partial charge in [0.05, 0.1) is 6.61 Å². The molecule has 0 radical (unpaired) electrons. The number of hydrogen-bond acceptors (Lipinski definition) is 3. The number of anilines is 1. The number of nitrogens with one attached hydrogen (secondary N) is 1. The number of epoxide rings is 1. The van der Waals surface area contributed by atoms with Crippen LogP contribution in [0.4, 0.5) is 5.69 Å². The van der Waals surface area contributed by atoms with Gasteiger partial charge < -0.3 is 14.8 Å². The number of rotatable bonds is 7. The fourth-order valence-electron chi connectivity index (χ4n) is 5.44. The molecular formula is C27H31NO3. The molecule has 1 aliphatic carbocycles. The number of allylic oxidation sites excluding steroid dienone is 1. The van der Waals surface area contributed by atoms with E-state index in [2.05, 4.69) is 43.1 Å². The Hall–Kier alpha value is -2.43. The molecule has 4 atom stereocenters. The maximum absolute atomic E-state index is 12.6. The van der Waals surface area contributed by atoms with Crippen molar-refractivity contribution in [3.8, 4) is 0 Å². The topological polar surface area (TPSA) is 50.9 Å². The second kappa shape index (κ2) is 8.25. The lowest BCUT2D eigenvalue weighted by Crippen LogP contribution is -2.41. The molecule has 1 N–H and O–H groups in total. The quantitative estimate of drug-likeness (QED) is 0.476. The lowest BCUT2D eigenvalue weighted by molar-refractivity contribution is -0.0187. The molecule has 1 saturated carbocycles. The summed E-state index contributed by atoms with van der Waals surface area (Å²) >= 11 is 0. The van der Waals surface area contributed by atoms with Crippen molar-refractivity contribution >= 4 is 11.6 Å². The van der Waals surface area contributed by atoms with E-state index >= 15 is 0 Å². The van der Waals surface area contributed by atoms with Crippen LogP contribution in [0.2, 0.25) is 0 Å². The molecule has 2 heterocycles. The van der Waals surface area contributed by atoms with Gasteiger partial charge in [-0.25, -0.2) is 0 Å². The number of unbranched alkanes of at least 4 members (excludes halogenated alkanes) is 1. The van der Waals surface area contributed by atoms with E-state index in [0.29, 0.717) is 11.5 Å². The molecule has 3 aliphatic rings. The summed E-state index contributed by atoms with van der Waals surface area (Å²) in [5.41, 5.74) is 5.49. The third-order valence-corrected chi connectivity index (χ3v) is 7.19. The van der Waals surface area contributed by atoms with Crippen LogP contribution >= 0.6 is 0 Å². The van der Waals surface area contributed by atoms with Crippen molar-refractivity contribution in [2.75, 3.05) is 11.9 Å². The van der Waals surface area contributed by atoms with Crippen molar-refractivity contribution in [3.05, 3.63) is 77.4 Å². The van der Waals surface area contributed by atoms with Gasteiger partial charge in [0.1, 0.15) is 6.10 Å². The monoisotopic (exact) mass is 417 g/mol. The fraction of sp³-hybridized carbons (Fsp3) is 0.444. The van der Waals surface area contributed by atoms with Crippen molar-refractivity contribution < 1.29 is 14.3 Å². The normalized spacial score (nSPS) is 28.7. The minimum atomic E-state index is -0.0702. The Balaban J connectivity index is 1.23. The number of aryl methyl sites for hydroxylation is 1. The Labute approximate surface area is 184 Å². The van der Waals surface area contributed by atoms with Gasteiger partial charge in [-0.15, -0.1) is 0 Å². The SMILES string of the molecule is C=C1CC2COC3OC3C2(Cc2ccc(NC(=O)c3ccc(CCCC)cc3)cc2)C1. The minimum Gasteiger partial charge on any atom is -0.350 e. The zero-order valence-corrected chi connectivity index (χ0v) is 18.2. The second-order valence-corrected chi connectivity index (χ2v) is 9.45. The van der Waals surface area contributed by atoms with Crippen molar-refractivity contribution in [1.29, 1.82) is 0 Å². The summed E-state index contributed by atoms with van der Waals surface area (Å²) < 4.78 is 11.6. The molecule has 5 rings (SSSR count). The van der Waals surface area contributed by atoms with Crippen LogP contribution in [0.3, 0.4) is 0 Å². The molecule has 162 valence electrons. The average Bonchev–Trinajstić information content (AvgIpc) is 3.50. The van der Waals surface area contributed by atoms with Gasteiger partial charge >= 0.3 is 0 Å². The van der Waals surface area contributed by atoms with Crippen molar-refractivity contribution in [3.63, 3.8) is 0 Å². The average molecular weight is 418 g/mol. The van der Waals surface area contributed by atoms with Crippen LogP contribution in [0.1, 0.15) is 54.1 Å². The largest absolute Gasteiger partial charge is 0.350 e. The predicted molar refractivity (Wildman–Crippen MR) is 122 cm³/mol. The Morgan fingerprint density at radius 3 is 2.61 bits per heavy atom. The highest BCUT2D eigenvalue weighted by Gasteiger charge is 2.64. The zero-order chi connectivity index (χ0) is 21.4. The third-order valence-electron chi connectivity index (χ3n) is 7.19. The number of carbonyl (C=O) groups excluding carboxylic acids is 1. The van der Waals surface area contributed by atoms with Crippen LogP contribution < -0.4 is 5.32 Å². The summed E-state index contributed by atoms with van der Waals surface area (Å²) in [5.74, 6) is 0.419. The van der Waals surface area contributed by atoms with E-state index in [0.717, 1.165) is 38.0 Å². The van der Waals surface area contributed by atoms with Gasteiger partial charge in [-0.2, -0.15) is 0 Å². The van der Waals surface area contributed by atoms with Crippen molar-refractivity contribution in [2.45, 2.75) is 57.8 Å². The van der Waals surface area contributed by atoms with Crippen LogP contribution in [0.15, 0.2) is 60.7 Å². The molecule has 31 heavy (non-hydrogen) atoms. The number of hydrogen-bond donors (Lipinski definition) is 1. The van der Waals surface area contributed by atoms with Crippen LogP contribution in [-0.4, -0.2) is 24.9 Å². The number of fused-ring (bicyclic) bond motifs is 3. The molecular weight excluding hydrogens is 386 g/mol. The molecule has 0 bridgehead atoms. The van der Waals surface area contributed by atoms with E-state index in [1.807, 2.05) is 24.3 Å². The highest BCUT2D eigenvalue weighted by Crippen LogP contribution is 2.59. The van der Waals surface area contributed by atoms with E-state index in [-0.39, 0.29) is 23.7 Å². The number of ether oxygens (including phenoxy) is 2. The van der Waals surface area contributed by atoms with Gasteiger partial charge in [0.2, 0.25) is 0 Å². The maximum atomic E-state index is 12.6. The van der Waals surface area contributed by atoms with Gasteiger partial charge in [-0.3, -0.25) is 4.79 Å². The van der Waals surface area contributed by atoms with Crippen LogP contribution in [0.25, 0.3) is 0 Å². The number of carbonyl (C=O) groups is 1. The molecule has 4 unspecified atom stereocenters. The summed E-state index contributed by atoms with van der Waals surface area (Å²) in [6.07, 6.45) is 6.63. The molecule has 0 spiro atoms. The Bertz CT molecular complexity index is 965. The summed E-state index contributed by atoms with van der Waals surface area (Å²) in [6.45, 7) is 7.21.